The summed E-state index contributed by atoms with van der Waals surface area (Å²) in [6, 6.07) is 32.3. The van der Waals surface area contributed by atoms with E-state index in [2.05, 4.69) is 84.9 Å². The third-order valence-electron chi connectivity index (χ3n) is 6.22. The lowest BCUT2D eigenvalue weighted by atomic mass is 9.75. The average Bonchev–Trinajstić information content (AvgIpc) is 2.78. The number of nitrogens with zero attached hydrogens (tertiary/aromatic N) is 1. The summed E-state index contributed by atoms with van der Waals surface area (Å²) >= 11 is 0. The Morgan fingerprint density at radius 2 is 1.37 bits per heavy atom. The normalized spacial score (nSPS) is 14.7. The lowest BCUT2D eigenvalue weighted by molar-refractivity contribution is 0.801. The summed E-state index contributed by atoms with van der Waals surface area (Å²) in [5.41, 5.74) is 12.6. The fourth-order valence-electron chi connectivity index (χ4n) is 4.94. The predicted molar refractivity (Wildman–Crippen MR) is 128 cm³/mol. The number of fused-ring (bicyclic) bond motifs is 6. The van der Waals surface area contributed by atoms with Crippen molar-refractivity contribution >= 4 is 39.8 Å². The average molecular weight is 409 g/mol. The minimum Gasteiger partial charge on any atom is -0.383 e. The molecule has 1 heterocycles. The molecule has 0 spiro atoms. The summed E-state index contributed by atoms with van der Waals surface area (Å²) in [5, 5.41) is 4.84. The van der Waals surface area contributed by atoms with Gasteiger partial charge in [-0.25, -0.2) is 4.98 Å². The van der Waals surface area contributed by atoms with E-state index < -0.39 is 0 Å². The molecule has 1 atom stereocenters. The number of benzene rings is 4. The van der Waals surface area contributed by atoms with Crippen LogP contribution >= 0.6 is 12.4 Å². The fourth-order valence-corrected chi connectivity index (χ4v) is 4.94. The van der Waals surface area contributed by atoms with Crippen LogP contribution in [0.5, 0.6) is 0 Å². The van der Waals surface area contributed by atoms with Gasteiger partial charge < -0.3 is 5.73 Å². The highest BCUT2D eigenvalue weighted by Crippen LogP contribution is 2.47. The van der Waals surface area contributed by atoms with Crippen LogP contribution in [0.4, 0.5) is 5.82 Å². The minimum absolute atomic E-state index is 0. The zero-order chi connectivity index (χ0) is 19.4. The van der Waals surface area contributed by atoms with E-state index >= 15 is 0 Å². The van der Waals surface area contributed by atoms with E-state index in [-0.39, 0.29) is 18.3 Å². The van der Waals surface area contributed by atoms with Crippen LogP contribution in [0.15, 0.2) is 91.0 Å². The maximum atomic E-state index is 6.40. The molecule has 3 heteroatoms. The molecule has 6 rings (SSSR count). The molecular formula is C27H21ClN2. The first-order valence-electron chi connectivity index (χ1n) is 10.1. The number of rotatable bonds is 1. The van der Waals surface area contributed by atoms with Crippen molar-refractivity contribution < 1.29 is 0 Å². The van der Waals surface area contributed by atoms with Gasteiger partial charge in [0.05, 0.1) is 5.69 Å². The molecule has 2 N–H and O–H groups in total. The van der Waals surface area contributed by atoms with Gasteiger partial charge in [0, 0.05) is 16.9 Å². The minimum atomic E-state index is 0. The van der Waals surface area contributed by atoms with Crippen LogP contribution in [-0.2, 0) is 6.42 Å². The maximum absolute atomic E-state index is 6.40. The van der Waals surface area contributed by atoms with E-state index in [0.29, 0.717) is 5.82 Å². The monoisotopic (exact) mass is 408 g/mol. The SMILES string of the molecule is Cl.Nc1nc2c(c3ccccc13)C(c1cccc3ccccc13)Cc1ccccc1-2. The third kappa shape index (κ3) is 2.68. The van der Waals surface area contributed by atoms with Gasteiger partial charge >= 0.3 is 0 Å². The first kappa shape index (κ1) is 18.7. The first-order valence-corrected chi connectivity index (χ1v) is 10.1. The van der Waals surface area contributed by atoms with Gasteiger partial charge in [-0.15, -0.1) is 12.4 Å². The Balaban J connectivity index is 0.00000193. The van der Waals surface area contributed by atoms with E-state index in [1.54, 1.807) is 0 Å². The van der Waals surface area contributed by atoms with Crippen LogP contribution in [0.1, 0.15) is 22.6 Å². The summed E-state index contributed by atoms with van der Waals surface area (Å²) in [4.78, 5) is 4.92. The Labute approximate surface area is 181 Å². The molecule has 5 aromatic rings. The van der Waals surface area contributed by atoms with Gasteiger partial charge in [0.1, 0.15) is 5.82 Å². The van der Waals surface area contributed by atoms with Crippen molar-refractivity contribution in [3.8, 4) is 11.3 Å². The Bertz CT molecular complexity index is 1400. The number of anilines is 1. The van der Waals surface area contributed by atoms with Crippen LogP contribution in [0, 0.1) is 0 Å². The largest absolute Gasteiger partial charge is 0.383 e. The predicted octanol–water partition coefficient (Wildman–Crippen LogP) is 6.75. The zero-order valence-corrected chi connectivity index (χ0v) is 17.2. The number of pyridine rings is 1. The Kier molecular flexibility index (Phi) is 4.45. The van der Waals surface area contributed by atoms with Gasteiger partial charge in [-0.05, 0) is 39.3 Å². The van der Waals surface area contributed by atoms with Crippen LogP contribution in [0.3, 0.4) is 0 Å². The van der Waals surface area contributed by atoms with Crippen LogP contribution in [-0.4, -0.2) is 4.98 Å². The summed E-state index contributed by atoms with van der Waals surface area (Å²) in [7, 11) is 0. The van der Waals surface area contributed by atoms with Crippen molar-refractivity contribution in [1.29, 1.82) is 0 Å². The highest BCUT2D eigenvalue weighted by Gasteiger charge is 2.30. The Hall–Kier alpha value is -3.36. The Morgan fingerprint density at radius 1 is 0.700 bits per heavy atom. The highest BCUT2D eigenvalue weighted by molar-refractivity contribution is 5.99. The molecule has 4 aromatic carbocycles. The molecule has 1 unspecified atom stereocenters. The van der Waals surface area contributed by atoms with Crippen molar-refractivity contribution in [3.63, 3.8) is 0 Å². The van der Waals surface area contributed by atoms with Gasteiger partial charge in [0.2, 0.25) is 0 Å². The maximum Gasteiger partial charge on any atom is 0.131 e. The topological polar surface area (TPSA) is 38.9 Å². The number of nitrogens with two attached hydrogens (primary N) is 1. The van der Waals surface area contributed by atoms with Crippen LogP contribution < -0.4 is 5.73 Å². The fraction of sp³-hybridized carbons (Fsp3) is 0.0741. The van der Waals surface area contributed by atoms with E-state index in [1.807, 2.05) is 6.07 Å². The summed E-state index contributed by atoms with van der Waals surface area (Å²) in [6.45, 7) is 0. The zero-order valence-electron chi connectivity index (χ0n) is 16.4. The smallest absolute Gasteiger partial charge is 0.131 e. The molecule has 1 aliphatic carbocycles. The van der Waals surface area contributed by atoms with Crippen LogP contribution in [0.2, 0.25) is 0 Å². The number of aromatic nitrogens is 1. The second kappa shape index (κ2) is 7.16. The summed E-state index contributed by atoms with van der Waals surface area (Å²) in [5.74, 6) is 0.844. The van der Waals surface area contributed by atoms with E-state index in [1.165, 1.54) is 38.4 Å². The Morgan fingerprint density at radius 3 is 2.23 bits per heavy atom. The number of halogens is 1. The molecular weight excluding hydrogens is 388 g/mol. The van der Waals surface area contributed by atoms with Crippen molar-refractivity contribution in [3.05, 3.63) is 108 Å². The quantitative estimate of drug-likeness (QED) is 0.333. The highest BCUT2D eigenvalue weighted by atomic mass is 35.5. The molecule has 146 valence electrons. The van der Waals surface area contributed by atoms with Gasteiger partial charge in [-0.3, -0.25) is 0 Å². The van der Waals surface area contributed by atoms with Crippen molar-refractivity contribution in [2.75, 3.05) is 5.73 Å². The second-order valence-corrected chi connectivity index (χ2v) is 7.79. The molecule has 0 fully saturated rings. The van der Waals surface area contributed by atoms with Crippen molar-refractivity contribution in [2.45, 2.75) is 12.3 Å². The molecule has 2 nitrogen and oxygen atoms in total. The summed E-state index contributed by atoms with van der Waals surface area (Å²) in [6.07, 6.45) is 0.965. The van der Waals surface area contributed by atoms with Gasteiger partial charge in [-0.2, -0.15) is 0 Å². The third-order valence-corrected chi connectivity index (χ3v) is 6.22. The molecule has 1 aliphatic rings. The van der Waals surface area contributed by atoms with E-state index in [0.717, 1.165) is 17.5 Å². The molecule has 1 aromatic heterocycles. The van der Waals surface area contributed by atoms with Gasteiger partial charge in [0.25, 0.3) is 0 Å². The van der Waals surface area contributed by atoms with Crippen LogP contribution in [0.25, 0.3) is 32.8 Å². The number of nitrogen functional groups attached to an aromatic ring is 1. The first-order chi connectivity index (χ1) is 14.3. The van der Waals surface area contributed by atoms with Gasteiger partial charge in [-0.1, -0.05) is 91.0 Å². The van der Waals surface area contributed by atoms with Crippen molar-refractivity contribution in [1.82, 2.24) is 4.98 Å². The number of hydrogen-bond acceptors (Lipinski definition) is 2. The lowest BCUT2D eigenvalue weighted by Crippen LogP contribution is -2.15. The van der Waals surface area contributed by atoms with Crippen molar-refractivity contribution in [2.24, 2.45) is 0 Å². The summed E-state index contributed by atoms with van der Waals surface area (Å²) < 4.78 is 0. The van der Waals surface area contributed by atoms with E-state index in [4.69, 9.17) is 10.7 Å². The molecule has 0 bridgehead atoms. The van der Waals surface area contributed by atoms with E-state index in [9.17, 15) is 0 Å². The number of hydrogen-bond donors (Lipinski definition) is 1. The van der Waals surface area contributed by atoms with Gasteiger partial charge in [0.15, 0.2) is 0 Å². The second-order valence-electron chi connectivity index (χ2n) is 7.79. The molecule has 0 amide bonds. The molecule has 0 aliphatic heterocycles. The molecule has 0 radical (unpaired) electrons. The molecule has 0 saturated heterocycles. The standard InChI is InChI=1S/C27H20N2.ClH/c28-27-23-14-6-5-13-22(23)25-24(16-18-9-2-4-12-20(18)26(25)29-27)21-15-7-10-17-8-1-3-11-19(17)21;/h1-15,24H,16H2,(H2,28,29);1H. The molecule has 0 saturated carbocycles. The lowest BCUT2D eigenvalue weighted by Gasteiger charge is -2.30. The molecule has 30 heavy (non-hydrogen) atoms.